The van der Waals surface area contributed by atoms with Crippen LogP contribution in [0.2, 0.25) is 5.02 Å². The SMILES string of the molecule is COC(=O)CC1C(=O)NCCN1C(=O)COc1ccc(F)cc1Cl. The van der Waals surface area contributed by atoms with E-state index in [1.165, 1.54) is 18.1 Å². The smallest absolute Gasteiger partial charge is 0.308 e. The quantitative estimate of drug-likeness (QED) is 0.785. The number of benzene rings is 1. The standard InChI is InChI=1S/C15H16ClFN2O5/c1-23-14(21)7-11-15(22)18-4-5-19(11)13(20)8-24-12-3-2-9(17)6-10(12)16/h2-3,6,11H,4-5,7-8H2,1H3,(H,18,22). The first-order valence-corrected chi connectivity index (χ1v) is 7.52. The van der Waals surface area contributed by atoms with E-state index in [2.05, 4.69) is 10.1 Å². The van der Waals surface area contributed by atoms with Crippen molar-refractivity contribution < 1.29 is 28.2 Å². The van der Waals surface area contributed by atoms with E-state index in [1.54, 1.807) is 0 Å². The second-order valence-corrected chi connectivity index (χ2v) is 5.44. The monoisotopic (exact) mass is 358 g/mol. The summed E-state index contributed by atoms with van der Waals surface area (Å²) in [5.41, 5.74) is 0. The molecule has 0 aromatic heterocycles. The second-order valence-electron chi connectivity index (χ2n) is 5.04. The van der Waals surface area contributed by atoms with Gasteiger partial charge in [0.15, 0.2) is 6.61 Å². The molecular formula is C15H16ClFN2O5. The highest BCUT2D eigenvalue weighted by molar-refractivity contribution is 6.32. The van der Waals surface area contributed by atoms with Gasteiger partial charge in [0.25, 0.3) is 5.91 Å². The van der Waals surface area contributed by atoms with Crippen LogP contribution in [0.15, 0.2) is 18.2 Å². The molecule has 1 saturated heterocycles. The molecule has 9 heteroatoms. The molecule has 0 saturated carbocycles. The first kappa shape index (κ1) is 18.0. The Balaban J connectivity index is 2.03. The highest BCUT2D eigenvalue weighted by atomic mass is 35.5. The summed E-state index contributed by atoms with van der Waals surface area (Å²) in [5.74, 6) is -1.89. The zero-order chi connectivity index (χ0) is 17.7. The lowest BCUT2D eigenvalue weighted by Crippen LogP contribution is -2.58. The number of rotatable bonds is 5. The molecule has 1 aliphatic heterocycles. The van der Waals surface area contributed by atoms with Crippen LogP contribution in [-0.2, 0) is 19.1 Å². The molecule has 1 aromatic rings. The molecule has 2 rings (SSSR count). The number of carbonyl (C=O) groups excluding carboxylic acids is 3. The molecule has 24 heavy (non-hydrogen) atoms. The molecule has 2 amide bonds. The van der Waals surface area contributed by atoms with E-state index < -0.39 is 36.2 Å². The molecule has 0 spiro atoms. The second kappa shape index (κ2) is 7.96. The fourth-order valence-corrected chi connectivity index (χ4v) is 2.49. The minimum absolute atomic E-state index is 0.0327. The summed E-state index contributed by atoms with van der Waals surface area (Å²) in [6.45, 7) is 0.128. The Morgan fingerprint density at radius 2 is 2.21 bits per heavy atom. The molecule has 130 valence electrons. The van der Waals surface area contributed by atoms with Crippen molar-refractivity contribution in [2.75, 3.05) is 26.8 Å². The normalized spacial score (nSPS) is 17.2. The van der Waals surface area contributed by atoms with Gasteiger partial charge in [0.1, 0.15) is 17.6 Å². The Hall–Kier alpha value is -2.35. The van der Waals surface area contributed by atoms with Gasteiger partial charge >= 0.3 is 5.97 Å². The average molecular weight is 359 g/mol. The van der Waals surface area contributed by atoms with Gasteiger partial charge in [0.2, 0.25) is 5.91 Å². The van der Waals surface area contributed by atoms with E-state index in [9.17, 15) is 18.8 Å². The van der Waals surface area contributed by atoms with Crippen LogP contribution in [0.25, 0.3) is 0 Å². The van der Waals surface area contributed by atoms with E-state index >= 15 is 0 Å². The molecule has 1 atom stereocenters. The predicted octanol–water partition coefficient (Wildman–Crippen LogP) is 0.748. The summed E-state index contributed by atoms with van der Waals surface area (Å²) in [7, 11) is 1.20. The Morgan fingerprint density at radius 3 is 2.88 bits per heavy atom. The number of hydrogen-bond acceptors (Lipinski definition) is 5. The third kappa shape index (κ3) is 4.35. The minimum atomic E-state index is -0.953. The number of esters is 1. The van der Waals surface area contributed by atoms with Gasteiger partial charge in [-0.1, -0.05) is 11.6 Å². The number of methoxy groups -OCH3 is 1. The number of amides is 2. The summed E-state index contributed by atoms with van der Waals surface area (Å²) in [5, 5.41) is 2.62. The van der Waals surface area contributed by atoms with Crippen molar-refractivity contribution in [1.29, 1.82) is 0 Å². The summed E-state index contributed by atoms with van der Waals surface area (Å²) >= 11 is 5.82. The Kier molecular flexibility index (Phi) is 5.97. The van der Waals surface area contributed by atoms with Gasteiger partial charge in [-0.2, -0.15) is 0 Å². The molecule has 7 nitrogen and oxygen atoms in total. The van der Waals surface area contributed by atoms with Crippen molar-refractivity contribution in [3.05, 3.63) is 29.0 Å². The van der Waals surface area contributed by atoms with Crippen molar-refractivity contribution in [2.24, 2.45) is 0 Å². The zero-order valence-corrected chi connectivity index (χ0v) is 13.6. The number of halogens is 2. The fraction of sp³-hybridized carbons (Fsp3) is 0.400. The number of nitrogens with one attached hydrogen (secondary N) is 1. The lowest BCUT2D eigenvalue weighted by atomic mass is 10.1. The third-order valence-corrected chi connectivity index (χ3v) is 3.78. The maximum absolute atomic E-state index is 13.0. The van der Waals surface area contributed by atoms with Crippen LogP contribution >= 0.6 is 11.6 Å². The maximum Gasteiger partial charge on any atom is 0.308 e. The maximum atomic E-state index is 13.0. The van der Waals surface area contributed by atoms with E-state index in [0.29, 0.717) is 0 Å². The van der Waals surface area contributed by atoms with Gasteiger partial charge in [-0.15, -0.1) is 0 Å². The molecule has 0 aliphatic carbocycles. The minimum Gasteiger partial charge on any atom is -0.482 e. The highest BCUT2D eigenvalue weighted by Gasteiger charge is 2.35. The van der Waals surface area contributed by atoms with E-state index in [4.69, 9.17) is 16.3 Å². The lowest BCUT2D eigenvalue weighted by Gasteiger charge is -2.34. The van der Waals surface area contributed by atoms with Crippen LogP contribution in [-0.4, -0.2) is 55.5 Å². The van der Waals surface area contributed by atoms with E-state index in [1.807, 2.05) is 0 Å². The van der Waals surface area contributed by atoms with Crippen molar-refractivity contribution in [1.82, 2.24) is 10.2 Å². The number of nitrogens with zero attached hydrogens (tertiary/aromatic N) is 1. The molecular weight excluding hydrogens is 343 g/mol. The van der Waals surface area contributed by atoms with Gasteiger partial charge in [-0.25, -0.2) is 4.39 Å². The topological polar surface area (TPSA) is 84.9 Å². The first-order valence-electron chi connectivity index (χ1n) is 7.14. The van der Waals surface area contributed by atoms with Gasteiger partial charge in [-0.05, 0) is 18.2 Å². The Labute approximate surface area is 142 Å². The fourth-order valence-electron chi connectivity index (χ4n) is 2.27. The number of hydrogen-bond donors (Lipinski definition) is 1. The molecule has 1 heterocycles. The van der Waals surface area contributed by atoms with Crippen LogP contribution in [0.4, 0.5) is 4.39 Å². The Morgan fingerprint density at radius 1 is 1.46 bits per heavy atom. The lowest BCUT2D eigenvalue weighted by molar-refractivity contribution is -0.151. The molecule has 0 radical (unpaired) electrons. The van der Waals surface area contributed by atoms with Crippen molar-refractivity contribution in [2.45, 2.75) is 12.5 Å². The van der Waals surface area contributed by atoms with E-state index in [-0.39, 0.29) is 30.3 Å². The molecule has 1 aromatic carbocycles. The number of piperazine rings is 1. The molecule has 1 N–H and O–H groups in total. The van der Waals surface area contributed by atoms with Crippen LogP contribution in [0.3, 0.4) is 0 Å². The first-order chi connectivity index (χ1) is 11.4. The van der Waals surface area contributed by atoms with Crippen molar-refractivity contribution in [3.8, 4) is 5.75 Å². The van der Waals surface area contributed by atoms with Crippen molar-refractivity contribution >= 4 is 29.4 Å². The summed E-state index contributed by atoms with van der Waals surface area (Å²) in [6.07, 6.45) is -0.245. The molecule has 1 fully saturated rings. The highest BCUT2D eigenvalue weighted by Crippen LogP contribution is 2.25. The predicted molar refractivity (Wildman–Crippen MR) is 82.0 cm³/mol. The zero-order valence-electron chi connectivity index (χ0n) is 12.9. The number of carbonyl (C=O) groups is 3. The van der Waals surface area contributed by atoms with Gasteiger partial charge in [0.05, 0.1) is 18.6 Å². The largest absolute Gasteiger partial charge is 0.482 e. The van der Waals surface area contributed by atoms with Crippen LogP contribution in [0, 0.1) is 5.82 Å². The van der Waals surface area contributed by atoms with Crippen LogP contribution < -0.4 is 10.1 Å². The van der Waals surface area contributed by atoms with Crippen molar-refractivity contribution in [3.63, 3.8) is 0 Å². The summed E-state index contributed by atoms with van der Waals surface area (Å²) < 4.78 is 22.8. The molecule has 1 aliphatic rings. The summed E-state index contributed by atoms with van der Waals surface area (Å²) in [4.78, 5) is 36.9. The number of ether oxygens (including phenoxy) is 2. The van der Waals surface area contributed by atoms with Gasteiger partial charge < -0.3 is 19.7 Å². The summed E-state index contributed by atoms with van der Waals surface area (Å²) in [6, 6.07) is 2.57. The van der Waals surface area contributed by atoms with Crippen LogP contribution in [0.1, 0.15) is 6.42 Å². The van der Waals surface area contributed by atoms with E-state index in [0.717, 1.165) is 12.1 Å². The third-order valence-electron chi connectivity index (χ3n) is 3.48. The van der Waals surface area contributed by atoms with Gasteiger partial charge in [-0.3, -0.25) is 14.4 Å². The Bertz CT molecular complexity index is 655. The molecule has 0 bridgehead atoms. The van der Waals surface area contributed by atoms with Crippen LogP contribution in [0.5, 0.6) is 5.75 Å². The average Bonchev–Trinajstić information content (AvgIpc) is 2.55. The molecule has 1 unspecified atom stereocenters. The van der Waals surface area contributed by atoms with Gasteiger partial charge in [0, 0.05) is 13.1 Å².